The van der Waals surface area contributed by atoms with Crippen LogP contribution >= 0.6 is 0 Å². The minimum atomic E-state index is -2.49. The van der Waals surface area contributed by atoms with E-state index in [4.69, 9.17) is 18.6 Å². The summed E-state index contributed by atoms with van der Waals surface area (Å²) in [6.45, 7) is 13.3. The highest BCUT2D eigenvalue weighted by atomic mass is 28.4. The van der Waals surface area contributed by atoms with Gasteiger partial charge in [-0.15, -0.1) is 0 Å². The van der Waals surface area contributed by atoms with Crippen molar-refractivity contribution in [2.45, 2.75) is 89.6 Å². The molecule has 1 N–H and O–H groups in total. The van der Waals surface area contributed by atoms with Crippen molar-refractivity contribution in [3.63, 3.8) is 0 Å². The minimum absolute atomic E-state index is 0.0391. The maximum absolute atomic E-state index is 15.0. The Kier molecular flexibility index (Phi) is 8.57. The van der Waals surface area contributed by atoms with E-state index in [9.17, 15) is 14.3 Å². The van der Waals surface area contributed by atoms with Crippen LogP contribution in [0.1, 0.15) is 40.2 Å². The van der Waals surface area contributed by atoms with E-state index in [0.717, 1.165) is 5.56 Å². The number of carbonyl (C=O) groups excluding carboxylic acids is 1. The van der Waals surface area contributed by atoms with Gasteiger partial charge in [0.2, 0.25) is 0 Å². The topological polar surface area (TPSA) is 74.2 Å². The highest BCUT2D eigenvalue weighted by Gasteiger charge is 2.48. The van der Waals surface area contributed by atoms with Gasteiger partial charge in [-0.25, -0.2) is 4.39 Å². The number of rotatable bonds is 10. The molecule has 0 aromatic heterocycles. The van der Waals surface area contributed by atoms with Crippen LogP contribution < -0.4 is 0 Å². The molecule has 1 heterocycles. The number of carbonyl (C=O) groups is 1. The van der Waals surface area contributed by atoms with Crippen LogP contribution in [-0.2, 0) is 30.0 Å². The molecule has 0 radical (unpaired) electrons. The highest BCUT2D eigenvalue weighted by molar-refractivity contribution is 6.74. The van der Waals surface area contributed by atoms with Gasteiger partial charge in [0.25, 0.3) is 0 Å². The molecule has 0 aliphatic carbocycles. The summed E-state index contributed by atoms with van der Waals surface area (Å²) in [5.41, 5.74) is 0.896. The summed E-state index contributed by atoms with van der Waals surface area (Å²) < 4.78 is 37.7. The van der Waals surface area contributed by atoms with Gasteiger partial charge in [0.15, 0.2) is 26.1 Å². The third-order valence-electron chi connectivity index (χ3n) is 5.90. The van der Waals surface area contributed by atoms with E-state index in [1.807, 2.05) is 64.2 Å². The number of hydrogen-bond acceptors (Lipinski definition) is 6. The Labute approximate surface area is 186 Å². The zero-order valence-corrected chi connectivity index (χ0v) is 20.7. The number of aliphatic hydroxyl groups is 1. The summed E-state index contributed by atoms with van der Waals surface area (Å²) in [5, 5.41) is 10.6. The fourth-order valence-electron chi connectivity index (χ4n) is 2.95. The SMILES string of the molecule is CC1(C)OC[C@@H](C(=O)[C@H](O[Si](C)(C)C(C)(C)C)[C@@H](O)[C@@H](F)COCc2ccccc2)O1. The van der Waals surface area contributed by atoms with Gasteiger partial charge in [0.1, 0.15) is 18.3 Å². The van der Waals surface area contributed by atoms with Crippen molar-refractivity contribution in [1.29, 1.82) is 0 Å². The molecule has 0 unspecified atom stereocenters. The Balaban J connectivity index is 2.11. The molecule has 8 heteroatoms. The molecule has 2 rings (SSSR count). The van der Waals surface area contributed by atoms with Gasteiger partial charge >= 0.3 is 0 Å². The van der Waals surface area contributed by atoms with Gasteiger partial charge in [-0.1, -0.05) is 51.1 Å². The largest absolute Gasteiger partial charge is 0.404 e. The zero-order valence-electron chi connectivity index (χ0n) is 19.7. The van der Waals surface area contributed by atoms with Crippen LogP contribution in [0.5, 0.6) is 0 Å². The number of alkyl halides is 1. The van der Waals surface area contributed by atoms with Crippen molar-refractivity contribution >= 4 is 14.1 Å². The molecule has 1 fully saturated rings. The molecular formula is C23H37FO6Si. The predicted octanol–water partition coefficient (Wildman–Crippen LogP) is 4.01. The van der Waals surface area contributed by atoms with Crippen LogP contribution in [0.3, 0.4) is 0 Å². The quantitative estimate of drug-likeness (QED) is 0.536. The van der Waals surface area contributed by atoms with Crippen molar-refractivity contribution in [3.05, 3.63) is 35.9 Å². The normalized spacial score (nSPS) is 22.2. The summed E-state index contributed by atoms with van der Waals surface area (Å²) >= 11 is 0. The Bertz CT molecular complexity index is 719. The fraction of sp³-hybridized carbons (Fsp3) is 0.696. The first kappa shape index (κ1) is 26.1. The number of ketones is 1. The molecule has 176 valence electrons. The van der Waals surface area contributed by atoms with E-state index >= 15 is 0 Å². The Morgan fingerprint density at radius 3 is 2.42 bits per heavy atom. The average Bonchev–Trinajstić information content (AvgIpc) is 3.04. The molecule has 4 atom stereocenters. The lowest BCUT2D eigenvalue weighted by molar-refractivity contribution is -0.162. The molecule has 1 aromatic carbocycles. The summed E-state index contributed by atoms with van der Waals surface area (Å²) in [5.74, 6) is -1.42. The maximum atomic E-state index is 15.0. The van der Waals surface area contributed by atoms with Gasteiger partial charge in [-0.2, -0.15) is 0 Å². The standard InChI is InChI=1S/C23H37FO6Si/c1-22(2,3)31(6,7)30-21(20(26)18-15-28-23(4,5)29-18)19(25)17(24)14-27-13-16-11-9-8-10-12-16/h8-12,17-19,21,25H,13-15H2,1-7H3/t17-,18-,19-,21+/m0/s1. The second kappa shape index (κ2) is 10.2. The Hall–Kier alpha value is -1.16. The molecule has 31 heavy (non-hydrogen) atoms. The smallest absolute Gasteiger partial charge is 0.194 e. The monoisotopic (exact) mass is 456 g/mol. The third kappa shape index (κ3) is 7.17. The van der Waals surface area contributed by atoms with Crippen molar-refractivity contribution < 1.29 is 32.9 Å². The second-order valence-electron chi connectivity index (χ2n) is 10.0. The molecule has 0 saturated carbocycles. The molecule has 1 saturated heterocycles. The maximum Gasteiger partial charge on any atom is 0.194 e. The molecule has 1 aliphatic heterocycles. The predicted molar refractivity (Wildman–Crippen MR) is 119 cm³/mol. The number of aliphatic hydroxyl groups excluding tert-OH is 1. The number of ether oxygens (including phenoxy) is 3. The Morgan fingerprint density at radius 2 is 1.90 bits per heavy atom. The van der Waals surface area contributed by atoms with E-state index in [2.05, 4.69) is 0 Å². The van der Waals surface area contributed by atoms with E-state index in [-0.39, 0.29) is 24.9 Å². The van der Waals surface area contributed by atoms with Crippen LogP contribution in [0.2, 0.25) is 18.1 Å². The summed E-state index contributed by atoms with van der Waals surface area (Å²) in [6, 6.07) is 9.36. The molecule has 0 bridgehead atoms. The van der Waals surface area contributed by atoms with Gasteiger partial charge in [0.05, 0.1) is 19.8 Å². The minimum Gasteiger partial charge on any atom is -0.404 e. The third-order valence-corrected chi connectivity index (χ3v) is 10.4. The molecule has 0 spiro atoms. The molecule has 1 aromatic rings. The number of hydrogen-bond donors (Lipinski definition) is 1. The average molecular weight is 457 g/mol. The lowest BCUT2D eigenvalue weighted by Gasteiger charge is -2.40. The first-order valence-electron chi connectivity index (χ1n) is 10.7. The lowest BCUT2D eigenvalue weighted by Crippen LogP contribution is -2.55. The van der Waals surface area contributed by atoms with E-state index in [1.165, 1.54) is 0 Å². The summed E-state index contributed by atoms with van der Waals surface area (Å²) in [7, 11) is -2.49. The zero-order chi connectivity index (χ0) is 23.4. The molecule has 0 amide bonds. The first-order chi connectivity index (χ1) is 14.2. The van der Waals surface area contributed by atoms with Gasteiger partial charge in [-0.05, 0) is 37.5 Å². The molecular weight excluding hydrogens is 419 g/mol. The fourth-order valence-corrected chi connectivity index (χ4v) is 4.20. The van der Waals surface area contributed by atoms with E-state index in [1.54, 1.807) is 13.8 Å². The molecule has 6 nitrogen and oxygen atoms in total. The summed E-state index contributed by atoms with van der Waals surface area (Å²) in [6.07, 6.45) is -5.75. The first-order valence-corrected chi connectivity index (χ1v) is 13.6. The number of halogens is 1. The Morgan fingerprint density at radius 1 is 1.29 bits per heavy atom. The van der Waals surface area contributed by atoms with Crippen LogP contribution in [0.15, 0.2) is 30.3 Å². The number of Topliss-reactive ketones (excluding diaryl/α,β-unsaturated/α-hetero) is 1. The second-order valence-corrected chi connectivity index (χ2v) is 14.8. The van der Waals surface area contributed by atoms with Crippen molar-refractivity contribution in [2.75, 3.05) is 13.2 Å². The van der Waals surface area contributed by atoms with E-state index in [0.29, 0.717) is 0 Å². The van der Waals surface area contributed by atoms with Crippen LogP contribution in [-0.4, -0.2) is 62.7 Å². The lowest BCUT2D eigenvalue weighted by atomic mass is 10.0. The van der Waals surface area contributed by atoms with Crippen LogP contribution in [0.25, 0.3) is 0 Å². The van der Waals surface area contributed by atoms with Gasteiger partial charge in [0, 0.05) is 0 Å². The van der Waals surface area contributed by atoms with Crippen LogP contribution in [0.4, 0.5) is 4.39 Å². The number of benzene rings is 1. The van der Waals surface area contributed by atoms with Gasteiger partial charge in [-0.3, -0.25) is 4.79 Å². The highest BCUT2D eigenvalue weighted by Crippen LogP contribution is 2.38. The van der Waals surface area contributed by atoms with Gasteiger partial charge < -0.3 is 23.7 Å². The van der Waals surface area contributed by atoms with Crippen molar-refractivity contribution in [2.24, 2.45) is 0 Å². The molecule has 1 aliphatic rings. The van der Waals surface area contributed by atoms with E-state index < -0.39 is 44.4 Å². The van der Waals surface area contributed by atoms with Crippen molar-refractivity contribution in [1.82, 2.24) is 0 Å². The van der Waals surface area contributed by atoms with Crippen molar-refractivity contribution in [3.8, 4) is 0 Å². The summed E-state index contributed by atoms with van der Waals surface area (Å²) in [4.78, 5) is 13.2. The van der Waals surface area contributed by atoms with Crippen LogP contribution in [0, 0.1) is 0 Å².